The van der Waals surface area contributed by atoms with E-state index in [9.17, 15) is 0 Å². The Labute approximate surface area is 77.0 Å². The first kappa shape index (κ1) is 7.88. The van der Waals surface area contributed by atoms with E-state index in [-0.39, 0.29) is 0 Å². The summed E-state index contributed by atoms with van der Waals surface area (Å²) in [6.45, 7) is 2.06. The Morgan fingerprint density at radius 2 is 2.15 bits per heavy atom. The van der Waals surface area contributed by atoms with Crippen molar-refractivity contribution >= 4 is 10.9 Å². The lowest BCUT2D eigenvalue weighted by atomic mass is 10.1. The molecule has 2 nitrogen and oxygen atoms in total. The number of nitriles is 1. The molecule has 0 radical (unpaired) electrons. The van der Waals surface area contributed by atoms with E-state index >= 15 is 0 Å². The smallest absolute Gasteiger partial charge is 0.101 e. The molecule has 2 heteroatoms. The average Bonchev–Trinajstić information content (AvgIpc) is 2.43. The maximum Gasteiger partial charge on any atom is 0.101 e. The van der Waals surface area contributed by atoms with E-state index in [0.717, 1.165) is 11.1 Å². The van der Waals surface area contributed by atoms with Crippen molar-refractivity contribution < 1.29 is 0 Å². The molecule has 64 valence electrons. The number of fused-ring (bicyclic) bond motifs is 1. The van der Waals surface area contributed by atoms with Crippen LogP contribution in [0, 0.1) is 18.3 Å². The molecule has 2 aromatic rings. The highest BCUT2D eigenvalue weighted by Crippen LogP contribution is 2.22. The average molecular weight is 170 g/mol. The molecule has 1 heterocycles. The first-order valence-corrected chi connectivity index (χ1v) is 4.19. The Morgan fingerprint density at radius 1 is 1.38 bits per heavy atom. The van der Waals surface area contributed by atoms with Crippen LogP contribution < -0.4 is 0 Å². The quantitative estimate of drug-likeness (QED) is 0.596. The third-order valence-corrected chi connectivity index (χ3v) is 2.32. The van der Waals surface area contributed by atoms with E-state index in [4.69, 9.17) is 5.26 Å². The van der Waals surface area contributed by atoms with Gasteiger partial charge >= 0.3 is 0 Å². The summed E-state index contributed by atoms with van der Waals surface area (Å²) in [6.07, 6.45) is 2.05. The molecule has 1 aromatic carbocycles. The zero-order chi connectivity index (χ0) is 9.42. The molecular formula is C11H10N2. The Balaban J connectivity index is 2.99. The van der Waals surface area contributed by atoms with Crippen molar-refractivity contribution in [2.24, 2.45) is 7.05 Å². The molecule has 13 heavy (non-hydrogen) atoms. The number of hydrogen-bond donors (Lipinski definition) is 0. The number of aryl methyl sites for hydroxylation is 2. The van der Waals surface area contributed by atoms with Crippen molar-refractivity contribution in [1.82, 2.24) is 4.57 Å². The molecule has 2 rings (SSSR count). The van der Waals surface area contributed by atoms with Crippen LogP contribution in [0.3, 0.4) is 0 Å². The highest BCUT2D eigenvalue weighted by molar-refractivity contribution is 5.88. The Bertz CT molecular complexity index is 501. The lowest BCUT2D eigenvalue weighted by molar-refractivity contribution is 0.962. The van der Waals surface area contributed by atoms with Crippen LogP contribution in [0.4, 0.5) is 0 Å². The third kappa shape index (κ3) is 1.01. The topological polar surface area (TPSA) is 28.7 Å². The van der Waals surface area contributed by atoms with Gasteiger partial charge in [-0.3, -0.25) is 0 Å². The number of benzene rings is 1. The number of para-hydroxylation sites is 1. The number of nitrogens with zero attached hydrogens (tertiary/aromatic N) is 2. The summed E-state index contributed by atoms with van der Waals surface area (Å²) in [5.74, 6) is 0. The zero-order valence-corrected chi connectivity index (χ0v) is 7.70. The fourth-order valence-electron chi connectivity index (χ4n) is 1.76. The van der Waals surface area contributed by atoms with E-state index in [1.165, 1.54) is 10.9 Å². The Morgan fingerprint density at radius 3 is 2.85 bits per heavy atom. The van der Waals surface area contributed by atoms with Crippen LogP contribution in [-0.2, 0) is 7.05 Å². The van der Waals surface area contributed by atoms with Gasteiger partial charge in [-0.2, -0.15) is 5.26 Å². The van der Waals surface area contributed by atoms with E-state index in [2.05, 4.69) is 13.0 Å². The van der Waals surface area contributed by atoms with Gasteiger partial charge in [0.2, 0.25) is 0 Å². The minimum atomic E-state index is 0.744. The zero-order valence-electron chi connectivity index (χ0n) is 7.70. The Hall–Kier alpha value is -1.75. The summed E-state index contributed by atoms with van der Waals surface area (Å²) in [7, 11) is 1.97. The van der Waals surface area contributed by atoms with Crippen LogP contribution >= 0.6 is 0 Å². The predicted molar refractivity (Wildman–Crippen MR) is 52.4 cm³/mol. The molecule has 0 fully saturated rings. The minimum absolute atomic E-state index is 0.744. The third-order valence-electron chi connectivity index (χ3n) is 2.32. The lowest BCUT2D eigenvalue weighted by Crippen LogP contribution is -1.87. The molecule has 0 N–H and O–H groups in total. The monoisotopic (exact) mass is 170 g/mol. The molecule has 0 saturated carbocycles. The number of aromatic nitrogens is 1. The van der Waals surface area contributed by atoms with Crippen LogP contribution in [0.2, 0.25) is 0 Å². The van der Waals surface area contributed by atoms with E-state index < -0.39 is 0 Å². The standard InChI is InChI=1S/C11H10N2/c1-8-7-13(2)11-9(6-12)4-3-5-10(8)11/h3-5,7H,1-2H3. The summed E-state index contributed by atoms with van der Waals surface area (Å²) in [5, 5.41) is 10.1. The molecule has 0 spiro atoms. The fraction of sp³-hybridized carbons (Fsp3) is 0.182. The van der Waals surface area contributed by atoms with Crippen molar-refractivity contribution in [3.8, 4) is 6.07 Å². The van der Waals surface area contributed by atoms with Crippen LogP contribution in [0.1, 0.15) is 11.1 Å². The summed E-state index contributed by atoms with van der Waals surface area (Å²) < 4.78 is 2.00. The molecule has 0 aliphatic carbocycles. The molecule has 0 aliphatic heterocycles. The van der Waals surface area contributed by atoms with Crippen LogP contribution in [0.25, 0.3) is 10.9 Å². The molecule has 0 atom stereocenters. The van der Waals surface area contributed by atoms with Gasteiger partial charge in [0.15, 0.2) is 0 Å². The minimum Gasteiger partial charge on any atom is -0.349 e. The van der Waals surface area contributed by atoms with Gasteiger partial charge in [-0.15, -0.1) is 0 Å². The van der Waals surface area contributed by atoms with Crippen molar-refractivity contribution in [3.63, 3.8) is 0 Å². The van der Waals surface area contributed by atoms with Gasteiger partial charge in [-0.1, -0.05) is 12.1 Å². The molecule has 1 aromatic heterocycles. The SMILES string of the molecule is Cc1cn(C)c2c(C#N)cccc12. The lowest BCUT2D eigenvalue weighted by Gasteiger charge is -1.97. The summed E-state index contributed by atoms with van der Waals surface area (Å²) >= 11 is 0. The van der Waals surface area contributed by atoms with E-state index in [1.54, 1.807) is 0 Å². The maximum atomic E-state index is 8.91. The van der Waals surface area contributed by atoms with Gasteiger partial charge in [-0.05, 0) is 18.6 Å². The molecule has 0 bridgehead atoms. The highest BCUT2D eigenvalue weighted by Gasteiger charge is 2.06. The normalized spacial score (nSPS) is 10.2. The first-order chi connectivity index (χ1) is 6.24. The number of hydrogen-bond acceptors (Lipinski definition) is 1. The Kier molecular flexibility index (Phi) is 1.60. The number of rotatable bonds is 0. The molecule has 0 saturated heterocycles. The second-order valence-electron chi connectivity index (χ2n) is 3.24. The van der Waals surface area contributed by atoms with Gasteiger partial charge < -0.3 is 4.57 Å². The molecule has 0 amide bonds. The van der Waals surface area contributed by atoms with Gasteiger partial charge in [-0.25, -0.2) is 0 Å². The van der Waals surface area contributed by atoms with Crippen molar-refractivity contribution in [2.45, 2.75) is 6.92 Å². The second kappa shape index (κ2) is 2.63. The van der Waals surface area contributed by atoms with Gasteiger partial charge in [0.25, 0.3) is 0 Å². The summed E-state index contributed by atoms with van der Waals surface area (Å²) in [4.78, 5) is 0. The van der Waals surface area contributed by atoms with Crippen LogP contribution in [0.15, 0.2) is 24.4 Å². The first-order valence-electron chi connectivity index (χ1n) is 4.19. The molecular weight excluding hydrogens is 160 g/mol. The van der Waals surface area contributed by atoms with Gasteiger partial charge in [0, 0.05) is 18.6 Å². The van der Waals surface area contributed by atoms with Crippen LogP contribution in [0.5, 0.6) is 0 Å². The van der Waals surface area contributed by atoms with Crippen molar-refractivity contribution in [1.29, 1.82) is 5.26 Å². The van der Waals surface area contributed by atoms with E-state index in [1.807, 2.05) is 36.0 Å². The highest BCUT2D eigenvalue weighted by atomic mass is 14.9. The summed E-state index contributed by atoms with van der Waals surface area (Å²) in [6, 6.07) is 8.02. The second-order valence-corrected chi connectivity index (χ2v) is 3.24. The molecule has 0 aliphatic rings. The van der Waals surface area contributed by atoms with Gasteiger partial charge in [0.05, 0.1) is 11.1 Å². The largest absolute Gasteiger partial charge is 0.349 e. The van der Waals surface area contributed by atoms with E-state index in [0.29, 0.717) is 0 Å². The molecule has 0 unspecified atom stereocenters. The summed E-state index contributed by atoms with van der Waals surface area (Å²) in [5.41, 5.74) is 2.99. The van der Waals surface area contributed by atoms with Crippen LogP contribution in [-0.4, -0.2) is 4.57 Å². The fourth-order valence-corrected chi connectivity index (χ4v) is 1.76. The van der Waals surface area contributed by atoms with Crippen molar-refractivity contribution in [3.05, 3.63) is 35.5 Å². The van der Waals surface area contributed by atoms with Crippen molar-refractivity contribution in [2.75, 3.05) is 0 Å². The van der Waals surface area contributed by atoms with Gasteiger partial charge in [0.1, 0.15) is 6.07 Å². The maximum absolute atomic E-state index is 8.91. The predicted octanol–water partition coefficient (Wildman–Crippen LogP) is 2.36.